The zero-order chi connectivity index (χ0) is 16.8. The van der Waals surface area contributed by atoms with Crippen LogP contribution in [0.2, 0.25) is 0 Å². The van der Waals surface area contributed by atoms with Gasteiger partial charge in [0, 0.05) is 6.54 Å². The fraction of sp³-hybridized carbons (Fsp3) is 0.389. The van der Waals surface area contributed by atoms with Gasteiger partial charge in [-0.15, -0.1) is 0 Å². The minimum atomic E-state index is -0.319. The van der Waals surface area contributed by atoms with Gasteiger partial charge in [0.05, 0.1) is 18.0 Å². The molecule has 0 aliphatic carbocycles. The van der Waals surface area contributed by atoms with E-state index in [1.54, 1.807) is 24.5 Å². The standard InChI is InChI=1S/C18H22FN3OS/c19-14-7-2-3-8-15(14)21-18(24)20-13-16(17-9-6-12-23-17)22-10-4-1-5-11-22/h2-3,6-9,12,16H,1,4-5,10-11,13H2,(H2,20,21,24). The molecule has 4 nitrogen and oxygen atoms in total. The molecule has 1 fully saturated rings. The van der Waals surface area contributed by atoms with Gasteiger partial charge in [0.15, 0.2) is 5.11 Å². The first-order valence-corrected chi connectivity index (χ1v) is 8.72. The molecule has 0 bridgehead atoms. The third kappa shape index (κ3) is 4.33. The molecule has 0 amide bonds. The molecular formula is C18H22FN3OS. The van der Waals surface area contributed by atoms with Gasteiger partial charge in [-0.05, 0) is 62.4 Å². The Morgan fingerprint density at radius 2 is 1.96 bits per heavy atom. The molecule has 2 aromatic rings. The molecular weight excluding hydrogens is 325 g/mol. The molecule has 3 rings (SSSR count). The van der Waals surface area contributed by atoms with Crippen molar-refractivity contribution in [3.8, 4) is 0 Å². The van der Waals surface area contributed by atoms with Crippen molar-refractivity contribution in [3.05, 3.63) is 54.2 Å². The lowest BCUT2D eigenvalue weighted by Crippen LogP contribution is -2.41. The smallest absolute Gasteiger partial charge is 0.170 e. The van der Waals surface area contributed by atoms with Crippen LogP contribution in [0.15, 0.2) is 47.1 Å². The molecule has 0 spiro atoms. The maximum atomic E-state index is 13.7. The number of likely N-dealkylation sites (tertiary alicyclic amines) is 1. The molecule has 1 aromatic carbocycles. The Bertz CT molecular complexity index is 656. The molecule has 2 heterocycles. The van der Waals surface area contributed by atoms with Crippen LogP contribution in [0.5, 0.6) is 0 Å². The number of thiocarbonyl (C=S) groups is 1. The second kappa shape index (κ2) is 8.26. The maximum absolute atomic E-state index is 13.7. The molecule has 2 N–H and O–H groups in total. The van der Waals surface area contributed by atoms with Crippen molar-refractivity contribution in [2.45, 2.75) is 25.3 Å². The van der Waals surface area contributed by atoms with Gasteiger partial charge in [-0.1, -0.05) is 18.6 Å². The summed E-state index contributed by atoms with van der Waals surface area (Å²) >= 11 is 5.31. The van der Waals surface area contributed by atoms with E-state index in [0.29, 0.717) is 17.3 Å². The molecule has 1 atom stereocenters. The van der Waals surface area contributed by atoms with Gasteiger partial charge in [0.25, 0.3) is 0 Å². The van der Waals surface area contributed by atoms with Gasteiger partial charge >= 0.3 is 0 Å². The number of rotatable bonds is 5. The summed E-state index contributed by atoms with van der Waals surface area (Å²) in [6, 6.07) is 10.5. The number of hydrogen-bond donors (Lipinski definition) is 2. The van der Waals surface area contributed by atoms with E-state index in [4.69, 9.17) is 16.6 Å². The van der Waals surface area contributed by atoms with Gasteiger partial charge in [-0.25, -0.2) is 4.39 Å². The lowest BCUT2D eigenvalue weighted by molar-refractivity contribution is 0.146. The molecule has 1 unspecified atom stereocenters. The number of nitrogens with zero attached hydrogens (tertiary/aromatic N) is 1. The fourth-order valence-electron chi connectivity index (χ4n) is 3.04. The van der Waals surface area contributed by atoms with Gasteiger partial charge < -0.3 is 15.1 Å². The van der Waals surface area contributed by atoms with Crippen LogP contribution in [0.25, 0.3) is 0 Å². The summed E-state index contributed by atoms with van der Waals surface area (Å²) in [4.78, 5) is 2.42. The third-order valence-electron chi connectivity index (χ3n) is 4.28. The number of benzene rings is 1. The minimum absolute atomic E-state index is 0.126. The van der Waals surface area contributed by atoms with E-state index in [1.165, 1.54) is 25.3 Å². The van der Waals surface area contributed by atoms with Gasteiger partial charge in [-0.2, -0.15) is 0 Å². The maximum Gasteiger partial charge on any atom is 0.170 e. The predicted octanol–water partition coefficient (Wildman–Crippen LogP) is 3.93. The zero-order valence-corrected chi connectivity index (χ0v) is 14.3. The van der Waals surface area contributed by atoms with E-state index >= 15 is 0 Å². The number of nitrogens with one attached hydrogen (secondary N) is 2. The first kappa shape index (κ1) is 16.9. The number of furan rings is 1. The van der Waals surface area contributed by atoms with E-state index in [0.717, 1.165) is 18.8 Å². The van der Waals surface area contributed by atoms with Crippen LogP contribution in [0.3, 0.4) is 0 Å². The number of anilines is 1. The van der Waals surface area contributed by atoms with Crippen LogP contribution in [-0.4, -0.2) is 29.6 Å². The third-order valence-corrected chi connectivity index (χ3v) is 4.53. The van der Waals surface area contributed by atoms with Crippen molar-refractivity contribution >= 4 is 23.0 Å². The summed E-state index contributed by atoms with van der Waals surface area (Å²) in [6.45, 7) is 2.73. The number of halogens is 1. The quantitative estimate of drug-likeness (QED) is 0.802. The number of piperidine rings is 1. The largest absolute Gasteiger partial charge is 0.468 e. The summed E-state index contributed by atoms with van der Waals surface area (Å²) in [6.07, 6.45) is 5.38. The van der Waals surface area contributed by atoms with Crippen LogP contribution in [0.4, 0.5) is 10.1 Å². The van der Waals surface area contributed by atoms with E-state index in [9.17, 15) is 4.39 Å². The Morgan fingerprint density at radius 3 is 2.67 bits per heavy atom. The van der Waals surface area contributed by atoms with Gasteiger partial charge in [0.1, 0.15) is 11.6 Å². The number of hydrogen-bond acceptors (Lipinski definition) is 3. The van der Waals surface area contributed by atoms with Gasteiger partial charge in [0.2, 0.25) is 0 Å². The summed E-state index contributed by atoms with van der Waals surface area (Å²) < 4.78 is 19.3. The highest BCUT2D eigenvalue weighted by atomic mass is 32.1. The Labute approximate surface area is 147 Å². The van der Waals surface area contributed by atoms with E-state index in [-0.39, 0.29) is 11.9 Å². The highest BCUT2D eigenvalue weighted by molar-refractivity contribution is 7.80. The molecule has 0 radical (unpaired) electrons. The minimum Gasteiger partial charge on any atom is -0.468 e. The van der Waals surface area contributed by atoms with Crippen LogP contribution in [-0.2, 0) is 0 Å². The second-order valence-corrected chi connectivity index (χ2v) is 6.35. The van der Waals surface area contributed by atoms with Gasteiger partial charge in [-0.3, -0.25) is 4.90 Å². The molecule has 24 heavy (non-hydrogen) atoms. The van der Waals surface area contributed by atoms with E-state index < -0.39 is 0 Å². The fourth-order valence-corrected chi connectivity index (χ4v) is 3.23. The average molecular weight is 347 g/mol. The second-order valence-electron chi connectivity index (χ2n) is 5.94. The topological polar surface area (TPSA) is 40.4 Å². The van der Waals surface area contributed by atoms with Crippen molar-refractivity contribution in [1.82, 2.24) is 10.2 Å². The molecule has 1 aromatic heterocycles. The van der Waals surface area contributed by atoms with Crippen molar-refractivity contribution in [3.63, 3.8) is 0 Å². The van der Waals surface area contributed by atoms with Crippen molar-refractivity contribution < 1.29 is 8.81 Å². The van der Waals surface area contributed by atoms with Crippen LogP contribution in [0, 0.1) is 5.82 Å². The Morgan fingerprint density at radius 1 is 1.17 bits per heavy atom. The predicted molar refractivity (Wildman–Crippen MR) is 97.5 cm³/mol. The Hall–Kier alpha value is -1.92. The average Bonchev–Trinajstić information content (AvgIpc) is 3.12. The van der Waals surface area contributed by atoms with Crippen molar-refractivity contribution in [2.75, 3.05) is 25.0 Å². The molecule has 1 aliphatic rings. The van der Waals surface area contributed by atoms with Crippen LogP contribution >= 0.6 is 12.2 Å². The summed E-state index contributed by atoms with van der Waals surface area (Å²) in [5.74, 6) is 0.610. The van der Waals surface area contributed by atoms with Crippen molar-refractivity contribution in [1.29, 1.82) is 0 Å². The Balaban J connectivity index is 1.61. The first-order chi connectivity index (χ1) is 11.7. The lowest BCUT2D eigenvalue weighted by atomic mass is 10.1. The number of para-hydroxylation sites is 1. The molecule has 1 aliphatic heterocycles. The monoisotopic (exact) mass is 347 g/mol. The van der Waals surface area contributed by atoms with Crippen LogP contribution < -0.4 is 10.6 Å². The summed E-state index contributed by atoms with van der Waals surface area (Å²) in [5, 5.41) is 6.52. The molecule has 1 saturated heterocycles. The lowest BCUT2D eigenvalue weighted by Gasteiger charge is -2.33. The summed E-state index contributed by atoms with van der Waals surface area (Å²) in [7, 11) is 0. The van der Waals surface area contributed by atoms with Crippen LogP contribution in [0.1, 0.15) is 31.1 Å². The normalized spacial score (nSPS) is 16.5. The van der Waals surface area contributed by atoms with E-state index in [2.05, 4.69) is 15.5 Å². The first-order valence-electron chi connectivity index (χ1n) is 8.31. The molecule has 0 saturated carbocycles. The van der Waals surface area contributed by atoms with Crippen molar-refractivity contribution in [2.24, 2.45) is 0 Å². The Kier molecular flexibility index (Phi) is 5.82. The SMILES string of the molecule is Fc1ccccc1NC(=S)NCC(c1ccco1)N1CCCCC1. The summed E-state index contributed by atoms with van der Waals surface area (Å²) in [5.41, 5.74) is 0.377. The highest BCUT2D eigenvalue weighted by Gasteiger charge is 2.24. The zero-order valence-electron chi connectivity index (χ0n) is 13.5. The molecule has 128 valence electrons. The van der Waals surface area contributed by atoms with E-state index in [1.807, 2.05) is 12.1 Å². The highest BCUT2D eigenvalue weighted by Crippen LogP contribution is 2.24. The molecule has 6 heteroatoms.